The third kappa shape index (κ3) is 1.59. The van der Waals surface area contributed by atoms with Gasteiger partial charge in [-0.25, -0.2) is 0 Å². The summed E-state index contributed by atoms with van der Waals surface area (Å²) in [5, 5.41) is 2.14. The molecule has 4 heteroatoms. The van der Waals surface area contributed by atoms with E-state index in [1.165, 1.54) is 11.3 Å². The Morgan fingerprint density at radius 2 is 2.50 bits per heavy atom. The molecule has 0 radical (unpaired) electrons. The minimum Gasteiger partial charge on any atom is -0.293 e. The van der Waals surface area contributed by atoms with Gasteiger partial charge in [0.05, 0.1) is 5.33 Å². The molecule has 54 valence electrons. The van der Waals surface area contributed by atoms with Crippen LogP contribution in [0.1, 0.15) is 10.4 Å². The van der Waals surface area contributed by atoms with Crippen LogP contribution in [0.3, 0.4) is 0 Å². The fraction of sp³-hybridized carbons (Fsp3) is 0.167. The molecule has 0 aliphatic carbocycles. The number of carbonyl (C=O) groups is 1. The first-order valence-electron chi connectivity index (χ1n) is 2.58. The first-order valence-corrected chi connectivity index (χ1v) is 4.95. The van der Waals surface area contributed by atoms with Crippen LogP contribution in [0.15, 0.2) is 11.4 Å². The van der Waals surface area contributed by atoms with Gasteiger partial charge in [-0.2, -0.15) is 0 Å². The normalized spacial score (nSPS) is 9.80. The van der Waals surface area contributed by atoms with Gasteiger partial charge in [0.25, 0.3) is 0 Å². The average Bonchev–Trinajstić information content (AvgIpc) is 2.34. The van der Waals surface area contributed by atoms with E-state index >= 15 is 0 Å². The molecule has 0 spiro atoms. The fourth-order valence-corrected chi connectivity index (χ4v) is 1.82. The molecule has 0 fully saturated rings. The molecule has 1 nitrogen and oxygen atoms in total. The molecule has 1 rings (SSSR count). The first kappa shape index (κ1) is 8.24. The van der Waals surface area contributed by atoms with E-state index < -0.39 is 0 Å². The van der Waals surface area contributed by atoms with Gasteiger partial charge in [-0.15, -0.1) is 11.3 Å². The van der Waals surface area contributed by atoms with Crippen molar-refractivity contribution in [2.75, 3.05) is 5.33 Å². The van der Waals surface area contributed by atoms with E-state index in [2.05, 4.69) is 15.9 Å². The van der Waals surface area contributed by atoms with E-state index in [0.29, 0.717) is 15.2 Å². The van der Waals surface area contributed by atoms with Gasteiger partial charge < -0.3 is 0 Å². The predicted octanol–water partition coefficient (Wildman–Crippen LogP) is 2.98. The molecule has 0 aromatic carbocycles. The van der Waals surface area contributed by atoms with Crippen LogP contribution in [0.4, 0.5) is 0 Å². The Bertz CT molecular complexity index is 246. The number of hydrogen-bond acceptors (Lipinski definition) is 2. The van der Waals surface area contributed by atoms with Crippen LogP contribution in [0.25, 0.3) is 0 Å². The van der Waals surface area contributed by atoms with Gasteiger partial charge in [0.15, 0.2) is 5.78 Å². The SMILES string of the molecule is O=C(CBr)c1ccsc1Cl. The van der Waals surface area contributed by atoms with Gasteiger partial charge in [-0.1, -0.05) is 27.5 Å². The van der Waals surface area contributed by atoms with Crippen molar-refractivity contribution in [3.05, 3.63) is 21.3 Å². The summed E-state index contributed by atoms with van der Waals surface area (Å²) in [7, 11) is 0. The summed E-state index contributed by atoms with van der Waals surface area (Å²) in [6.45, 7) is 0. The number of ketones is 1. The highest BCUT2D eigenvalue weighted by Crippen LogP contribution is 2.23. The van der Waals surface area contributed by atoms with Crippen LogP contribution in [-0.4, -0.2) is 11.1 Å². The van der Waals surface area contributed by atoms with Crippen LogP contribution >= 0.6 is 38.9 Å². The van der Waals surface area contributed by atoms with Crippen molar-refractivity contribution in [2.45, 2.75) is 0 Å². The lowest BCUT2D eigenvalue weighted by atomic mass is 10.2. The lowest BCUT2D eigenvalue weighted by Gasteiger charge is -1.89. The Kier molecular flexibility index (Phi) is 2.89. The molecule has 0 bridgehead atoms. The summed E-state index contributed by atoms with van der Waals surface area (Å²) >= 11 is 10.1. The molecule has 0 N–H and O–H groups in total. The quantitative estimate of drug-likeness (QED) is 0.573. The molecule has 0 saturated heterocycles. The topological polar surface area (TPSA) is 17.1 Å². The Morgan fingerprint density at radius 1 is 1.80 bits per heavy atom. The minimum absolute atomic E-state index is 0.0336. The highest BCUT2D eigenvalue weighted by atomic mass is 79.9. The smallest absolute Gasteiger partial charge is 0.175 e. The van der Waals surface area contributed by atoms with Gasteiger partial charge in [-0.05, 0) is 11.4 Å². The zero-order valence-electron chi connectivity index (χ0n) is 4.93. The number of alkyl halides is 1. The second-order valence-electron chi connectivity index (χ2n) is 1.66. The molecular weight excluding hydrogens is 235 g/mol. The number of Topliss-reactive ketones (excluding diaryl/α,β-unsaturated/α-hetero) is 1. The van der Waals surface area contributed by atoms with E-state index in [1.54, 1.807) is 11.4 Å². The maximum absolute atomic E-state index is 11.0. The molecule has 0 saturated carbocycles. The molecule has 0 aliphatic rings. The Balaban J connectivity index is 2.93. The molecule has 0 unspecified atom stereocenters. The lowest BCUT2D eigenvalue weighted by Crippen LogP contribution is -1.97. The first-order chi connectivity index (χ1) is 4.75. The monoisotopic (exact) mass is 238 g/mol. The molecule has 0 aliphatic heterocycles. The average molecular weight is 240 g/mol. The number of thiophene rings is 1. The van der Waals surface area contributed by atoms with E-state index in [9.17, 15) is 4.79 Å². The molecule has 0 amide bonds. The van der Waals surface area contributed by atoms with Gasteiger partial charge in [0.2, 0.25) is 0 Å². The number of hydrogen-bond donors (Lipinski definition) is 0. The molecule has 0 atom stereocenters. The number of halogens is 2. The largest absolute Gasteiger partial charge is 0.293 e. The van der Waals surface area contributed by atoms with Crippen molar-refractivity contribution in [2.24, 2.45) is 0 Å². The second kappa shape index (κ2) is 3.51. The molecule has 1 heterocycles. The summed E-state index contributed by atoms with van der Waals surface area (Å²) in [4.78, 5) is 11.0. The van der Waals surface area contributed by atoms with Crippen LogP contribution in [-0.2, 0) is 0 Å². The maximum atomic E-state index is 11.0. The summed E-state index contributed by atoms with van der Waals surface area (Å²) < 4.78 is 0.574. The highest BCUT2D eigenvalue weighted by Gasteiger charge is 2.08. The third-order valence-electron chi connectivity index (χ3n) is 1.04. The molecule has 1 aromatic heterocycles. The molecule has 10 heavy (non-hydrogen) atoms. The van der Waals surface area contributed by atoms with Crippen LogP contribution in [0, 0.1) is 0 Å². The van der Waals surface area contributed by atoms with Crippen LogP contribution in [0.2, 0.25) is 4.34 Å². The van der Waals surface area contributed by atoms with E-state index in [-0.39, 0.29) is 5.78 Å². The van der Waals surface area contributed by atoms with Gasteiger partial charge in [0.1, 0.15) is 4.34 Å². The molecular formula is C6H4BrClOS. The fourth-order valence-electron chi connectivity index (χ4n) is 0.565. The predicted molar refractivity (Wildman–Crippen MR) is 47.5 cm³/mol. The van der Waals surface area contributed by atoms with Crippen molar-refractivity contribution in [1.82, 2.24) is 0 Å². The summed E-state index contributed by atoms with van der Waals surface area (Å²) in [6, 6.07) is 1.73. The maximum Gasteiger partial charge on any atom is 0.175 e. The minimum atomic E-state index is 0.0336. The van der Waals surface area contributed by atoms with Gasteiger partial charge >= 0.3 is 0 Å². The lowest BCUT2D eigenvalue weighted by molar-refractivity contribution is 0.102. The van der Waals surface area contributed by atoms with Crippen LogP contribution in [0.5, 0.6) is 0 Å². The third-order valence-corrected chi connectivity index (χ3v) is 2.72. The van der Waals surface area contributed by atoms with E-state index in [1.807, 2.05) is 0 Å². The zero-order valence-corrected chi connectivity index (χ0v) is 8.09. The van der Waals surface area contributed by atoms with Crippen molar-refractivity contribution >= 4 is 44.7 Å². The standard InChI is InChI=1S/C6H4BrClOS/c7-3-5(9)4-1-2-10-6(4)8/h1-2H,3H2. The Morgan fingerprint density at radius 3 is 2.90 bits per heavy atom. The van der Waals surface area contributed by atoms with Crippen molar-refractivity contribution < 1.29 is 4.79 Å². The van der Waals surface area contributed by atoms with E-state index in [4.69, 9.17) is 11.6 Å². The zero-order chi connectivity index (χ0) is 7.56. The Labute approximate surface area is 76.1 Å². The van der Waals surface area contributed by atoms with Gasteiger partial charge in [-0.3, -0.25) is 4.79 Å². The van der Waals surface area contributed by atoms with Crippen LogP contribution < -0.4 is 0 Å². The second-order valence-corrected chi connectivity index (χ2v) is 3.74. The summed E-state index contributed by atoms with van der Waals surface area (Å²) in [6.07, 6.45) is 0. The van der Waals surface area contributed by atoms with Crippen molar-refractivity contribution in [3.8, 4) is 0 Å². The van der Waals surface area contributed by atoms with E-state index in [0.717, 1.165) is 0 Å². The number of carbonyl (C=O) groups excluding carboxylic acids is 1. The van der Waals surface area contributed by atoms with Gasteiger partial charge in [0, 0.05) is 5.56 Å². The van der Waals surface area contributed by atoms with Crippen molar-refractivity contribution in [3.63, 3.8) is 0 Å². The summed E-state index contributed by atoms with van der Waals surface area (Å²) in [5.41, 5.74) is 0.614. The highest BCUT2D eigenvalue weighted by molar-refractivity contribution is 9.09. The summed E-state index contributed by atoms with van der Waals surface area (Å²) in [5.74, 6) is 0.0336. The number of rotatable bonds is 2. The Hall–Kier alpha value is 0.140. The van der Waals surface area contributed by atoms with Crippen molar-refractivity contribution in [1.29, 1.82) is 0 Å². The molecule has 1 aromatic rings.